The maximum Gasteiger partial charge on any atom is 0.188 e. The average Bonchev–Trinajstić information content (AvgIpc) is 2.39. The van der Waals surface area contributed by atoms with Crippen molar-refractivity contribution >= 4 is 28.4 Å². The molecule has 0 aliphatic heterocycles. The first-order valence-electron chi connectivity index (χ1n) is 7.20. The second-order valence-electron chi connectivity index (χ2n) is 5.75. The largest absolute Gasteiger partial charge is 0.382 e. The van der Waals surface area contributed by atoms with E-state index in [1.165, 1.54) is 32.1 Å². The zero-order valence-electron chi connectivity index (χ0n) is 12.0. The van der Waals surface area contributed by atoms with Crippen LogP contribution in [0.4, 0.5) is 5.69 Å². The Morgan fingerprint density at radius 1 is 1.30 bits per heavy atom. The summed E-state index contributed by atoms with van der Waals surface area (Å²) >= 11 is 4.08. The molecule has 0 heterocycles. The third kappa shape index (κ3) is 3.74. The van der Waals surface area contributed by atoms with E-state index in [4.69, 9.17) is 11.6 Å². The second kappa shape index (κ2) is 6.92. The van der Waals surface area contributed by atoms with Crippen LogP contribution in [0.15, 0.2) is 17.0 Å². The van der Waals surface area contributed by atoms with Crippen molar-refractivity contribution in [2.45, 2.75) is 62.8 Å². The van der Waals surface area contributed by atoms with Crippen molar-refractivity contribution in [3.05, 3.63) is 22.7 Å². The maximum atomic E-state index is 11.3. The minimum atomic E-state index is -2.04. The Kier molecular flexibility index (Phi) is 5.47. The van der Waals surface area contributed by atoms with Crippen LogP contribution in [0, 0.1) is 0 Å². The Bertz CT molecular complexity index is 499. The topological polar surface area (TPSA) is 49.3 Å². The highest BCUT2D eigenvalue weighted by Gasteiger charge is 2.18. The van der Waals surface area contributed by atoms with Crippen molar-refractivity contribution < 1.29 is 8.76 Å². The summed E-state index contributed by atoms with van der Waals surface area (Å²) in [4.78, 5) is 0.296. The molecule has 0 spiro atoms. The average molecular weight is 316 g/mol. The lowest BCUT2D eigenvalue weighted by Gasteiger charge is -2.26. The highest BCUT2D eigenvalue weighted by Crippen LogP contribution is 2.33. The van der Waals surface area contributed by atoms with E-state index in [0.29, 0.717) is 16.0 Å². The Labute approximate surface area is 128 Å². The molecule has 2 N–H and O–H groups in total. The van der Waals surface area contributed by atoms with Gasteiger partial charge in [-0.25, -0.2) is 4.21 Å². The lowest BCUT2D eigenvalue weighted by molar-refractivity contribution is 0.462. The van der Waals surface area contributed by atoms with Gasteiger partial charge in [0.05, 0.1) is 9.92 Å². The highest BCUT2D eigenvalue weighted by molar-refractivity contribution is 7.79. The summed E-state index contributed by atoms with van der Waals surface area (Å²) in [5.41, 5.74) is 2.06. The molecule has 0 aromatic heterocycles. The fourth-order valence-corrected chi connectivity index (χ4v) is 3.59. The molecule has 2 rings (SSSR count). The summed E-state index contributed by atoms with van der Waals surface area (Å²) < 4.78 is 20.6. The minimum absolute atomic E-state index is 0.278. The minimum Gasteiger partial charge on any atom is -0.382 e. The van der Waals surface area contributed by atoms with Crippen LogP contribution in [0.2, 0.25) is 5.02 Å². The number of anilines is 1. The zero-order valence-corrected chi connectivity index (χ0v) is 13.6. The standard InChI is InChI=1S/C15H22ClNO2S/c1-10(2)12-8-15(20(18)19)13(16)9-14(12)17-11-6-4-3-5-7-11/h8-11,17H,3-7H2,1-2H3,(H,18,19). The van der Waals surface area contributed by atoms with Gasteiger partial charge in [-0.05, 0) is 36.5 Å². The van der Waals surface area contributed by atoms with Crippen LogP contribution >= 0.6 is 11.6 Å². The molecule has 0 saturated heterocycles. The summed E-state index contributed by atoms with van der Waals surface area (Å²) in [6.45, 7) is 4.17. The van der Waals surface area contributed by atoms with Gasteiger partial charge in [0.15, 0.2) is 11.1 Å². The van der Waals surface area contributed by atoms with E-state index in [9.17, 15) is 8.76 Å². The monoisotopic (exact) mass is 315 g/mol. The molecular weight excluding hydrogens is 294 g/mol. The molecule has 1 aliphatic carbocycles. The second-order valence-corrected chi connectivity index (χ2v) is 7.10. The van der Waals surface area contributed by atoms with Gasteiger partial charge in [-0.15, -0.1) is 0 Å². The molecule has 1 aromatic carbocycles. The van der Waals surface area contributed by atoms with Gasteiger partial charge in [-0.1, -0.05) is 44.7 Å². The number of hydrogen-bond donors (Lipinski definition) is 2. The molecule has 1 unspecified atom stereocenters. The Hall–Kier alpha value is -0.580. The van der Waals surface area contributed by atoms with Crippen LogP contribution < -0.4 is 5.32 Å². The Morgan fingerprint density at radius 2 is 1.95 bits per heavy atom. The first kappa shape index (κ1) is 15.8. The first-order valence-corrected chi connectivity index (χ1v) is 8.68. The third-order valence-electron chi connectivity index (χ3n) is 3.88. The lowest BCUT2D eigenvalue weighted by atomic mass is 9.94. The fraction of sp³-hybridized carbons (Fsp3) is 0.600. The van der Waals surface area contributed by atoms with Gasteiger partial charge >= 0.3 is 0 Å². The van der Waals surface area contributed by atoms with E-state index in [1.807, 2.05) is 0 Å². The van der Waals surface area contributed by atoms with E-state index >= 15 is 0 Å². The SMILES string of the molecule is CC(C)c1cc(S(=O)O)c(Cl)cc1NC1CCCCC1. The molecule has 20 heavy (non-hydrogen) atoms. The molecule has 1 fully saturated rings. The smallest absolute Gasteiger partial charge is 0.188 e. The van der Waals surface area contributed by atoms with Gasteiger partial charge in [0.2, 0.25) is 0 Å². The van der Waals surface area contributed by atoms with Gasteiger partial charge in [0.1, 0.15) is 0 Å². The summed E-state index contributed by atoms with van der Waals surface area (Å²) in [5, 5.41) is 3.93. The quantitative estimate of drug-likeness (QED) is 0.785. The lowest BCUT2D eigenvalue weighted by Crippen LogP contribution is -2.23. The fourth-order valence-electron chi connectivity index (χ4n) is 2.77. The van der Waals surface area contributed by atoms with Crippen molar-refractivity contribution in [1.82, 2.24) is 0 Å². The van der Waals surface area contributed by atoms with Crippen LogP contribution in [0.1, 0.15) is 57.4 Å². The van der Waals surface area contributed by atoms with Crippen molar-refractivity contribution in [2.24, 2.45) is 0 Å². The van der Waals surface area contributed by atoms with Gasteiger partial charge in [0.25, 0.3) is 0 Å². The predicted octanol–water partition coefficient (Wildman–Crippen LogP) is 4.79. The van der Waals surface area contributed by atoms with Crippen molar-refractivity contribution in [2.75, 3.05) is 5.32 Å². The van der Waals surface area contributed by atoms with E-state index in [0.717, 1.165) is 11.3 Å². The number of benzene rings is 1. The first-order chi connectivity index (χ1) is 9.49. The van der Waals surface area contributed by atoms with Crippen LogP contribution in [0.25, 0.3) is 0 Å². The molecule has 0 radical (unpaired) electrons. The molecule has 1 aliphatic rings. The Morgan fingerprint density at radius 3 is 2.50 bits per heavy atom. The van der Waals surface area contributed by atoms with Gasteiger partial charge in [-0.2, -0.15) is 0 Å². The highest BCUT2D eigenvalue weighted by atomic mass is 35.5. The summed E-state index contributed by atoms with van der Waals surface area (Å²) in [7, 11) is 0. The van der Waals surface area contributed by atoms with Crippen molar-refractivity contribution in [3.8, 4) is 0 Å². The molecule has 0 amide bonds. The summed E-state index contributed by atoms with van der Waals surface area (Å²) in [6, 6.07) is 4.05. The summed E-state index contributed by atoms with van der Waals surface area (Å²) in [6.07, 6.45) is 6.21. The van der Waals surface area contributed by atoms with E-state index in [2.05, 4.69) is 19.2 Å². The van der Waals surface area contributed by atoms with Crippen LogP contribution in [-0.4, -0.2) is 14.8 Å². The van der Waals surface area contributed by atoms with E-state index in [-0.39, 0.29) is 5.92 Å². The number of nitrogens with one attached hydrogen (secondary N) is 1. The zero-order chi connectivity index (χ0) is 14.7. The van der Waals surface area contributed by atoms with Crippen molar-refractivity contribution in [1.29, 1.82) is 0 Å². The molecule has 1 aromatic rings. The van der Waals surface area contributed by atoms with E-state index in [1.54, 1.807) is 12.1 Å². The molecule has 5 heteroatoms. The molecular formula is C15H22ClNO2S. The maximum absolute atomic E-state index is 11.3. The number of hydrogen-bond acceptors (Lipinski definition) is 2. The molecule has 1 atom stereocenters. The molecule has 3 nitrogen and oxygen atoms in total. The van der Waals surface area contributed by atoms with Crippen molar-refractivity contribution in [3.63, 3.8) is 0 Å². The van der Waals surface area contributed by atoms with Gasteiger partial charge in [0, 0.05) is 11.7 Å². The molecule has 0 bridgehead atoms. The van der Waals surface area contributed by atoms with Crippen LogP contribution in [-0.2, 0) is 11.1 Å². The van der Waals surface area contributed by atoms with Gasteiger partial charge in [-0.3, -0.25) is 0 Å². The normalized spacial score (nSPS) is 18.2. The third-order valence-corrected chi connectivity index (χ3v) is 5.02. The number of rotatable bonds is 4. The van der Waals surface area contributed by atoms with Gasteiger partial charge < -0.3 is 9.87 Å². The van der Waals surface area contributed by atoms with E-state index < -0.39 is 11.1 Å². The predicted molar refractivity (Wildman–Crippen MR) is 85.1 cm³/mol. The Balaban J connectivity index is 2.30. The van der Waals surface area contributed by atoms with Crippen LogP contribution in [0.3, 0.4) is 0 Å². The number of halogens is 1. The van der Waals surface area contributed by atoms with Crippen LogP contribution in [0.5, 0.6) is 0 Å². The summed E-state index contributed by atoms with van der Waals surface area (Å²) in [5.74, 6) is 0.278. The molecule has 1 saturated carbocycles. The molecule has 112 valence electrons.